The second-order valence-electron chi connectivity index (χ2n) is 6.52. The number of hydrogen-bond donors (Lipinski definition) is 0. The SMILES string of the molecule is CN(C)C(=O)c1cccc2ccn(S(=O)(=O)C3(C)C=CC=C(Br)C3)c12. The summed E-state index contributed by atoms with van der Waals surface area (Å²) < 4.78 is 27.8. The van der Waals surface area contributed by atoms with E-state index in [-0.39, 0.29) is 5.91 Å². The molecule has 0 radical (unpaired) electrons. The predicted octanol–water partition coefficient (Wildman–Crippen LogP) is 3.52. The van der Waals surface area contributed by atoms with Crippen molar-refractivity contribution in [2.45, 2.75) is 18.1 Å². The van der Waals surface area contributed by atoms with Crippen molar-refractivity contribution in [1.29, 1.82) is 0 Å². The summed E-state index contributed by atoms with van der Waals surface area (Å²) in [5.74, 6) is -0.230. The highest BCUT2D eigenvalue weighted by Crippen LogP contribution is 2.36. The molecule has 0 N–H and O–H groups in total. The molecule has 1 atom stereocenters. The monoisotopic (exact) mass is 422 g/mol. The van der Waals surface area contributed by atoms with Crippen LogP contribution < -0.4 is 0 Å². The molecule has 2 aromatic rings. The summed E-state index contributed by atoms with van der Waals surface area (Å²) in [4.78, 5) is 14.0. The molecule has 5 nitrogen and oxygen atoms in total. The minimum absolute atomic E-state index is 0.230. The Hall–Kier alpha value is -1.86. The quantitative estimate of drug-likeness (QED) is 0.759. The average molecular weight is 423 g/mol. The van der Waals surface area contributed by atoms with Crippen LogP contribution >= 0.6 is 15.9 Å². The molecule has 25 heavy (non-hydrogen) atoms. The van der Waals surface area contributed by atoms with E-state index in [4.69, 9.17) is 0 Å². The van der Waals surface area contributed by atoms with Crippen LogP contribution in [-0.2, 0) is 10.0 Å². The van der Waals surface area contributed by atoms with Gasteiger partial charge in [-0.25, -0.2) is 12.4 Å². The molecule has 1 aliphatic rings. The minimum atomic E-state index is -3.77. The zero-order chi connectivity index (χ0) is 18.4. The van der Waals surface area contributed by atoms with Gasteiger partial charge in [-0.2, -0.15) is 0 Å². The number of carbonyl (C=O) groups is 1. The lowest BCUT2D eigenvalue weighted by molar-refractivity contribution is 0.0829. The fourth-order valence-corrected chi connectivity index (χ4v) is 5.61. The molecule has 0 bridgehead atoms. The van der Waals surface area contributed by atoms with Crippen molar-refractivity contribution >= 4 is 42.8 Å². The van der Waals surface area contributed by atoms with E-state index in [1.807, 2.05) is 12.1 Å². The van der Waals surface area contributed by atoms with Gasteiger partial charge in [-0.15, -0.1) is 0 Å². The topological polar surface area (TPSA) is 59.4 Å². The Kier molecular flexibility index (Phi) is 4.41. The maximum Gasteiger partial charge on any atom is 0.255 e. The molecule has 1 heterocycles. The maximum atomic E-state index is 13.4. The Morgan fingerprint density at radius 2 is 2.00 bits per heavy atom. The number of halogens is 1. The standard InChI is InChI=1S/C18H19BrN2O3S/c1-18(10-5-7-14(19)12-18)25(23,24)21-11-9-13-6-4-8-15(16(13)21)17(22)20(2)3/h4-11H,12H2,1-3H3. The van der Waals surface area contributed by atoms with E-state index in [2.05, 4.69) is 15.9 Å². The summed E-state index contributed by atoms with van der Waals surface area (Å²) in [5.41, 5.74) is 0.788. The number of nitrogens with zero attached hydrogens (tertiary/aromatic N) is 2. The van der Waals surface area contributed by atoms with Crippen LogP contribution in [-0.4, -0.2) is 42.0 Å². The maximum absolute atomic E-state index is 13.4. The van der Waals surface area contributed by atoms with E-state index in [1.165, 1.54) is 15.1 Å². The molecule has 0 aliphatic heterocycles. The molecule has 1 aromatic carbocycles. The molecular weight excluding hydrogens is 404 g/mol. The molecule has 1 unspecified atom stereocenters. The highest BCUT2D eigenvalue weighted by atomic mass is 79.9. The van der Waals surface area contributed by atoms with E-state index in [0.29, 0.717) is 22.9 Å². The Bertz CT molecular complexity index is 1020. The van der Waals surface area contributed by atoms with Gasteiger partial charge < -0.3 is 4.90 Å². The molecule has 3 rings (SSSR count). The number of allylic oxidation sites excluding steroid dienone is 3. The van der Waals surface area contributed by atoms with Crippen LogP contribution in [0.4, 0.5) is 0 Å². The number of benzene rings is 1. The summed E-state index contributed by atoms with van der Waals surface area (Å²) in [6.07, 6.45) is 7.14. The van der Waals surface area contributed by atoms with E-state index in [9.17, 15) is 13.2 Å². The summed E-state index contributed by atoms with van der Waals surface area (Å²) in [6, 6.07) is 6.95. The third kappa shape index (κ3) is 2.85. The zero-order valence-corrected chi connectivity index (χ0v) is 16.6. The minimum Gasteiger partial charge on any atom is -0.345 e. The number of amides is 1. The van der Waals surface area contributed by atoms with Gasteiger partial charge in [-0.3, -0.25) is 4.79 Å². The van der Waals surface area contributed by atoms with Gasteiger partial charge in [0.05, 0.1) is 11.1 Å². The van der Waals surface area contributed by atoms with Crippen molar-refractivity contribution in [2.75, 3.05) is 14.1 Å². The van der Waals surface area contributed by atoms with Gasteiger partial charge in [0.1, 0.15) is 4.75 Å². The smallest absolute Gasteiger partial charge is 0.255 e. The molecule has 0 saturated heterocycles. The van der Waals surface area contributed by atoms with E-state index >= 15 is 0 Å². The number of aromatic nitrogens is 1. The van der Waals surface area contributed by atoms with Crippen LogP contribution in [0.25, 0.3) is 10.9 Å². The van der Waals surface area contributed by atoms with Gasteiger partial charge >= 0.3 is 0 Å². The lowest BCUT2D eigenvalue weighted by Crippen LogP contribution is -2.38. The number of para-hydroxylation sites is 1. The first-order valence-corrected chi connectivity index (χ1v) is 10.0. The molecule has 132 valence electrons. The molecule has 0 fully saturated rings. The predicted molar refractivity (Wildman–Crippen MR) is 103 cm³/mol. The zero-order valence-electron chi connectivity index (χ0n) is 14.2. The Labute approximate surface area is 155 Å². The molecule has 7 heteroatoms. The Morgan fingerprint density at radius 1 is 1.28 bits per heavy atom. The highest BCUT2D eigenvalue weighted by molar-refractivity contribution is 9.11. The third-order valence-electron chi connectivity index (χ3n) is 4.41. The van der Waals surface area contributed by atoms with Gasteiger partial charge in [0.2, 0.25) is 10.0 Å². The molecule has 0 saturated carbocycles. The summed E-state index contributed by atoms with van der Waals surface area (Å²) in [6.45, 7) is 1.69. The van der Waals surface area contributed by atoms with Crippen molar-refractivity contribution in [1.82, 2.24) is 8.87 Å². The van der Waals surface area contributed by atoms with Gasteiger partial charge in [0.15, 0.2) is 0 Å². The van der Waals surface area contributed by atoms with Gasteiger partial charge in [0.25, 0.3) is 5.91 Å². The summed E-state index contributed by atoms with van der Waals surface area (Å²) in [7, 11) is -0.473. The average Bonchev–Trinajstić information content (AvgIpc) is 2.98. The Morgan fingerprint density at radius 3 is 2.64 bits per heavy atom. The number of hydrogen-bond acceptors (Lipinski definition) is 3. The second-order valence-corrected chi connectivity index (χ2v) is 9.82. The van der Waals surface area contributed by atoms with Gasteiger partial charge in [0, 0.05) is 32.1 Å². The number of carbonyl (C=O) groups excluding carboxylic acids is 1. The molecule has 1 amide bonds. The first-order valence-electron chi connectivity index (χ1n) is 7.78. The largest absolute Gasteiger partial charge is 0.345 e. The summed E-state index contributed by atoms with van der Waals surface area (Å²) in [5, 5.41) is 0.717. The van der Waals surface area contributed by atoms with Crippen molar-refractivity contribution in [2.24, 2.45) is 0 Å². The van der Waals surface area contributed by atoms with Crippen molar-refractivity contribution in [3.63, 3.8) is 0 Å². The number of fused-ring (bicyclic) bond motifs is 1. The molecule has 1 aromatic heterocycles. The highest BCUT2D eigenvalue weighted by Gasteiger charge is 2.40. The van der Waals surface area contributed by atoms with Crippen LogP contribution in [0.1, 0.15) is 23.7 Å². The Balaban J connectivity index is 2.25. The number of rotatable bonds is 3. The van der Waals surface area contributed by atoms with Crippen LogP contribution in [0.15, 0.2) is 53.2 Å². The van der Waals surface area contributed by atoms with Crippen LogP contribution in [0.5, 0.6) is 0 Å². The first kappa shape index (κ1) is 17.9. The fraction of sp³-hybridized carbons (Fsp3) is 0.278. The van der Waals surface area contributed by atoms with E-state index < -0.39 is 14.8 Å². The van der Waals surface area contributed by atoms with Crippen molar-refractivity contribution in [3.05, 3.63) is 58.7 Å². The molecule has 0 spiro atoms. The second kappa shape index (κ2) is 6.14. The third-order valence-corrected chi connectivity index (χ3v) is 7.23. The van der Waals surface area contributed by atoms with Crippen molar-refractivity contribution in [3.8, 4) is 0 Å². The lowest BCUT2D eigenvalue weighted by Gasteiger charge is -2.29. The van der Waals surface area contributed by atoms with Crippen LogP contribution in [0.2, 0.25) is 0 Å². The summed E-state index contributed by atoms with van der Waals surface area (Å²) >= 11 is 3.40. The fourth-order valence-electron chi connectivity index (χ4n) is 2.99. The first-order chi connectivity index (χ1) is 11.7. The molecular formula is C18H19BrN2O3S. The van der Waals surface area contributed by atoms with Gasteiger partial charge in [-0.05, 0) is 23.5 Å². The van der Waals surface area contributed by atoms with Crippen LogP contribution in [0, 0.1) is 0 Å². The normalized spacial score (nSPS) is 20.6. The van der Waals surface area contributed by atoms with Crippen LogP contribution in [0.3, 0.4) is 0 Å². The van der Waals surface area contributed by atoms with Crippen molar-refractivity contribution < 1.29 is 13.2 Å². The van der Waals surface area contributed by atoms with Gasteiger partial charge in [-0.1, -0.05) is 46.3 Å². The van der Waals surface area contributed by atoms with E-state index in [0.717, 1.165) is 4.48 Å². The lowest BCUT2D eigenvalue weighted by atomic mass is 10.0. The molecule has 1 aliphatic carbocycles. The van der Waals surface area contributed by atoms with E-state index in [1.54, 1.807) is 51.4 Å².